The van der Waals surface area contributed by atoms with Crippen molar-refractivity contribution in [2.24, 2.45) is 0 Å². The summed E-state index contributed by atoms with van der Waals surface area (Å²) >= 11 is 0. The highest BCUT2D eigenvalue weighted by atomic mass is 16.7. The number of pyridine rings is 1. The van der Waals surface area contributed by atoms with Gasteiger partial charge >= 0.3 is 0 Å². The van der Waals surface area contributed by atoms with E-state index in [1.807, 2.05) is 11.0 Å². The van der Waals surface area contributed by atoms with Crippen molar-refractivity contribution in [1.29, 1.82) is 0 Å². The van der Waals surface area contributed by atoms with Crippen LogP contribution in [0.2, 0.25) is 0 Å². The Morgan fingerprint density at radius 2 is 2.04 bits per heavy atom. The number of carbonyl (C=O) groups excluding carboxylic acids is 1. The third-order valence-corrected chi connectivity index (χ3v) is 4.47. The van der Waals surface area contributed by atoms with E-state index >= 15 is 0 Å². The molecule has 1 amide bonds. The van der Waals surface area contributed by atoms with Gasteiger partial charge in [-0.15, -0.1) is 0 Å². The molecular weight excluding hydrogens is 294 g/mol. The number of rotatable bonds is 5. The molecule has 0 aromatic carbocycles. The van der Waals surface area contributed by atoms with Crippen LogP contribution in [0.1, 0.15) is 43.0 Å². The molecule has 0 unspecified atom stereocenters. The van der Waals surface area contributed by atoms with Gasteiger partial charge in [-0.3, -0.25) is 9.78 Å². The maximum absolute atomic E-state index is 12.7. The van der Waals surface area contributed by atoms with Gasteiger partial charge in [-0.1, -0.05) is 13.3 Å². The van der Waals surface area contributed by atoms with Crippen LogP contribution in [0.15, 0.2) is 18.5 Å². The first kappa shape index (κ1) is 16.2. The molecule has 2 saturated heterocycles. The molecule has 2 aliphatic heterocycles. The minimum absolute atomic E-state index is 0.0319. The van der Waals surface area contributed by atoms with E-state index in [1.54, 1.807) is 12.4 Å². The summed E-state index contributed by atoms with van der Waals surface area (Å²) in [7, 11) is 0. The predicted octanol–water partition coefficient (Wildman–Crippen LogP) is 2.27. The Balaban J connectivity index is 1.58. The number of piperidine rings is 1. The lowest BCUT2D eigenvalue weighted by atomic mass is 10.0. The number of anilines is 1. The minimum atomic E-state index is -0.446. The second kappa shape index (κ2) is 7.27. The second-order valence-electron chi connectivity index (χ2n) is 6.14. The first-order chi connectivity index (χ1) is 11.2. The van der Waals surface area contributed by atoms with Gasteiger partial charge < -0.3 is 19.7 Å². The van der Waals surface area contributed by atoms with Gasteiger partial charge in [0.1, 0.15) is 0 Å². The van der Waals surface area contributed by atoms with Crippen LogP contribution in [0.3, 0.4) is 0 Å². The van der Waals surface area contributed by atoms with Crippen LogP contribution in [0.25, 0.3) is 0 Å². The Labute approximate surface area is 137 Å². The molecule has 0 aliphatic carbocycles. The summed E-state index contributed by atoms with van der Waals surface area (Å²) < 4.78 is 11.4. The van der Waals surface area contributed by atoms with E-state index < -0.39 is 5.79 Å². The van der Waals surface area contributed by atoms with E-state index in [9.17, 15) is 4.79 Å². The SMILES string of the molecule is CCCCNc1cncc(C(=O)N2CCC3(CC2)OCCO3)c1. The van der Waals surface area contributed by atoms with Gasteiger partial charge in [0, 0.05) is 44.9 Å². The van der Waals surface area contributed by atoms with Crippen molar-refractivity contribution in [3.63, 3.8) is 0 Å². The summed E-state index contributed by atoms with van der Waals surface area (Å²) in [5.74, 6) is -0.414. The molecule has 0 saturated carbocycles. The van der Waals surface area contributed by atoms with E-state index in [4.69, 9.17) is 9.47 Å². The monoisotopic (exact) mass is 319 g/mol. The molecule has 1 N–H and O–H groups in total. The lowest BCUT2D eigenvalue weighted by Crippen LogP contribution is -2.47. The van der Waals surface area contributed by atoms with Crippen molar-refractivity contribution < 1.29 is 14.3 Å². The maximum atomic E-state index is 12.7. The summed E-state index contributed by atoms with van der Waals surface area (Å²) in [6.45, 7) is 5.68. The van der Waals surface area contributed by atoms with Crippen molar-refractivity contribution in [2.45, 2.75) is 38.4 Å². The first-order valence-electron chi connectivity index (χ1n) is 8.48. The number of carbonyl (C=O) groups is 1. The third-order valence-electron chi connectivity index (χ3n) is 4.47. The van der Waals surface area contributed by atoms with Crippen LogP contribution < -0.4 is 5.32 Å². The molecule has 23 heavy (non-hydrogen) atoms. The average molecular weight is 319 g/mol. The second-order valence-corrected chi connectivity index (χ2v) is 6.14. The fourth-order valence-corrected chi connectivity index (χ4v) is 3.08. The normalized spacial score (nSPS) is 20.0. The van der Waals surface area contributed by atoms with Crippen LogP contribution in [0.4, 0.5) is 5.69 Å². The zero-order valence-electron chi connectivity index (χ0n) is 13.7. The van der Waals surface area contributed by atoms with Gasteiger partial charge in [0.2, 0.25) is 0 Å². The largest absolute Gasteiger partial charge is 0.384 e. The molecule has 3 heterocycles. The summed E-state index contributed by atoms with van der Waals surface area (Å²) in [6, 6.07) is 1.89. The molecule has 0 atom stereocenters. The van der Waals surface area contributed by atoms with Crippen LogP contribution >= 0.6 is 0 Å². The molecule has 2 aliphatic rings. The molecule has 6 nitrogen and oxygen atoms in total. The van der Waals surface area contributed by atoms with E-state index in [0.717, 1.165) is 37.9 Å². The van der Waals surface area contributed by atoms with Crippen molar-refractivity contribution in [3.8, 4) is 0 Å². The molecule has 126 valence electrons. The van der Waals surface area contributed by atoms with Crippen LogP contribution in [-0.2, 0) is 9.47 Å². The van der Waals surface area contributed by atoms with Gasteiger partial charge in [-0.25, -0.2) is 0 Å². The Hall–Kier alpha value is -1.66. The first-order valence-corrected chi connectivity index (χ1v) is 8.48. The lowest BCUT2D eigenvalue weighted by Gasteiger charge is -2.37. The zero-order chi connectivity index (χ0) is 16.1. The average Bonchev–Trinajstić information content (AvgIpc) is 3.04. The van der Waals surface area contributed by atoms with Gasteiger partial charge in [-0.05, 0) is 12.5 Å². The van der Waals surface area contributed by atoms with Crippen LogP contribution in [-0.4, -0.2) is 54.4 Å². The highest BCUT2D eigenvalue weighted by Crippen LogP contribution is 2.31. The number of nitrogens with one attached hydrogen (secondary N) is 1. The van der Waals surface area contributed by atoms with Crippen LogP contribution in [0, 0.1) is 0 Å². The predicted molar refractivity (Wildman–Crippen MR) is 87.4 cm³/mol. The highest BCUT2D eigenvalue weighted by molar-refractivity contribution is 5.94. The number of likely N-dealkylation sites (tertiary alicyclic amines) is 1. The van der Waals surface area contributed by atoms with E-state index in [2.05, 4.69) is 17.2 Å². The zero-order valence-corrected chi connectivity index (χ0v) is 13.7. The maximum Gasteiger partial charge on any atom is 0.255 e. The molecule has 1 spiro atoms. The fraction of sp³-hybridized carbons (Fsp3) is 0.647. The van der Waals surface area contributed by atoms with Crippen molar-refractivity contribution in [3.05, 3.63) is 24.0 Å². The molecular formula is C17H25N3O3. The fourth-order valence-electron chi connectivity index (χ4n) is 3.08. The number of hydrogen-bond donors (Lipinski definition) is 1. The molecule has 3 rings (SSSR count). The number of nitrogens with zero attached hydrogens (tertiary/aromatic N) is 2. The van der Waals surface area contributed by atoms with E-state index in [1.165, 1.54) is 0 Å². The topological polar surface area (TPSA) is 63.7 Å². The number of amides is 1. The van der Waals surface area contributed by atoms with Crippen molar-refractivity contribution in [2.75, 3.05) is 38.2 Å². The highest BCUT2D eigenvalue weighted by Gasteiger charge is 2.40. The van der Waals surface area contributed by atoms with Gasteiger partial charge in [0.25, 0.3) is 5.91 Å². The van der Waals surface area contributed by atoms with E-state index in [0.29, 0.717) is 31.9 Å². The van der Waals surface area contributed by atoms with Crippen LogP contribution in [0.5, 0.6) is 0 Å². The Morgan fingerprint density at radius 3 is 2.74 bits per heavy atom. The summed E-state index contributed by atoms with van der Waals surface area (Å²) in [5.41, 5.74) is 1.54. The van der Waals surface area contributed by atoms with Crippen molar-refractivity contribution in [1.82, 2.24) is 9.88 Å². The third kappa shape index (κ3) is 3.82. The summed E-state index contributed by atoms with van der Waals surface area (Å²) in [5, 5.41) is 3.31. The molecule has 1 aromatic heterocycles. The number of unbranched alkanes of at least 4 members (excludes halogenated alkanes) is 1. The number of ether oxygens (including phenoxy) is 2. The van der Waals surface area contributed by atoms with Gasteiger partial charge in [0.15, 0.2) is 5.79 Å². The Kier molecular flexibility index (Phi) is 5.13. The van der Waals surface area contributed by atoms with Gasteiger partial charge in [0.05, 0.1) is 24.5 Å². The van der Waals surface area contributed by atoms with Gasteiger partial charge in [-0.2, -0.15) is 0 Å². The number of hydrogen-bond acceptors (Lipinski definition) is 5. The smallest absolute Gasteiger partial charge is 0.255 e. The standard InChI is InChI=1S/C17H25N3O3/c1-2-3-6-19-15-11-14(12-18-13-15)16(21)20-7-4-17(5-8-20)22-9-10-23-17/h11-13,19H,2-10H2,1H3. The summed E-state index contributed by atoms with van der Waals surface area (Å²) in [6.07, 6.45) is 7.12. The molecule has 0 radical (unpaired) electrons. The molecule has 0 bridgehead atoms. The molecule has 2 fully saturated rings. The summed E-state index contributed by atoms with van der Waals surface area (Å²) in [4.78, 5) is 18.7. The van der Waals surface area contributed by atoms with E-state index in [-0.39, 0.29) is 5.91 Å². The molecule has 1 aromatic rings. The Bertz CT molecular complexity index is 534. The lowest BCUT2D eigenvalue weighted by molar-refractivity contribution is -0.181. The number of aromatic nitrogens is 1. The Morgan fingerprint density at radius 1 is 1.30 bits per heavy atom. The molecule has 6 heteroatoms. The minimum Gasteiger partial charge on any atom is -0.384 e. The van der Waals surface area contributed by atoms with Crippen molar-refractivity contribution >= 4 is 11.6 Å². The quantitative estimate of drug-likeness (QED) is 0.844.